The number of halogens is 1. The Balaban J connectivity index is 2.25. The highest BCUT2D eigenvalue weighted by Gasteiger charge is 2.38. The summed E-state index contributed by atoms with van der Waals surface area (Å²) in [7, 11) is 1.56. The van der Waals surface area contributed by atoms with E-state index in [2.05, 4.69) is 5.32 Å². The molecule has 0 radical (unpaired) electrons. The zero-order valence-corrected chi connectivity index (χ0v) is 12.3. The van der Waals surface area contributed by atoms with Gasteiger partial charge in [0.05, 0.1) is 30.5 Å². The van der Waals surface area contributed by atoms with Crippen LogP contribution in [0.5, 0.6) is 5.75 Å². The van der Waals surface area contributed by atoms with Gasteiger partial charge < -0.3 is 20.5 Å². The van der Waals surface area contributed by atoms with Crippen LogP contribution in [-0.4, -0.2) is 31.4 Å². The summed E-state index contributed by atoms with van der Waals surface area (Å²) in [6, 6.07) is 4.67. The van der Waals surface area contributed by atoms with Gasteiger partial charge in [0.1, 0.15) is 11.6 Å². The van der Waals surface area contributed by atoms with Crippen molar-refractivity contribution in [2.75, 3.05) is 19.0 Å². The highest BCUT2D eigenvalue weighted by atomic mass is 19.1. The number of rotatable bonds is 4. The number of benzene rings is 1. The molecule has 0 spiro atoms. The number of ether oxygens (including phenoxy) is 2. The van der Waals surface area contributed by atoms with E-state index >= 15 is 0 Å². The maximum Gasteiger partial charge on any atom is 0.146 e. The van der Waals surface area contributed by atoms with Gasteiger partial charge in [-0.25, -0.2) is 4.39 Å². The van der Waals surface area contributed by atoms with Crippen molar-refractivity contribution in [3.05, 3.63) is 24.0 Å². The smallest absolute Gasteiger partial charge is 0.146 e. The summed E-state index contributed by atoms with van der Waals surface area (Å²) in [5.74, 6) is 0.319. The fraction of sp³-hybridized carbons (Fsp3) is 0.600. The van der Waals surface area contributed by atoms with Crippen LogP contribution < -0.4 is 15.8 Å². The Bertz CT molecular complexity index is 457. The van der Waals surface area contributed by atoms with Crippen molar-refractivity contribution in [2.45, 2.75) is 44.4 Å². The second-order valence-corrected chi connectivity index (χ2v) is 5.62. The second-order valence-electron chi connectivity index (χ2n) is 5.62. The molecule has 2 atom stereocenters. The van der Waals surface area contributed by atoms with Crippen LogP contribution >= 0.6 is 0 Å². The van der Waals surface area contributed by atoms with E-state index in [0.717, 1.165) is 12.8 Å². The van der Waals surface area contributed by atoms with Crippen molar-refractivity contribution in [3.8, 4) is 5.75 Å². The molecule has 2 unspecified atom stereocenters. The van der Waals surface area contributed by atoms with Crippen LogP contribution in [0.15, 0.2) is 18.2 Å². The van der Waals surface area contributed by atoms with Gasteiger partial charge in [0.25, 0.3) is 0 Å². The van der Waals surface area contributed by atoms with E-state index < -0.39 is 0 Å². The Morgan fingerprint density at radius 3 is 2.60 bits per heavy atom. The third kappa shape index (κ3) is 3.22. The zero-order chi connectivity index (χ0) is 14.8. The summed E-state index contributed by atoms with van der Waals surface area (Å²) in [6.07, 6.45) is 1.71. The molecule has 112 valence electrons. The third-order valence-corrected chi connectivity index (χ3v) is 3.79. The van der Waals surface area contributed by atoms with Crippen molar-refractivity contribution >= 4 is 5.69 Å². The summed E-state index contributed by atoms with van der Waals surface area (Å²) in [5, 5.41) is 3.29. The molecule has 4 nitrogen and oxygen atoms in total. The molecule has 0 amide bonds. The van der Waals surface area contributed by atoms with Crippen molar-refractivity contribution in [2.24, 2.45) is 5.73 Å². The summed E-state index contributed by atoms with van der Waals surface area (Å²) in [4.78, 5) is 0. The van der Waals surface area contributed by atoms with Crippen molar-refractivity contribution < 1.29 is 13.9 Å². The first-order valence-corrected chi connectivity index (χ1v) is 6.95. The highest BCUT2D eigenvalue weighted by molar-refractivity contribution is 5.51. The Morgan fingerprint density at radius 1 is 1.40 bits per heavy atom. The molecule has 1 heterocycles. The van der Waals surface area contributed by atoms with E-state index in [1.807, 2.05) is 13.8 Å². The van der Waals surface area contributed by atoms with E-state index in [-0.39, 0.29) is 23.6 Å². The number of nitrogens with two attached hydrogens (primary N) is 1. The van der Waals surface area contributed by atoms with Crippen LogP contribution in [0.4, 0.5) is 10.1 Å². The molecule has 1 aliphatic heterocycles. The normalized spacial score (nSPS) is 30.1. The number of hydrogen-bond acceptors (Lipinski definition) is 4. The first kappa shape index (κ1) is 15.1. The molecule has 1 aromatic carbocycles. The minimum Gasteiger partial charge on any atom is -0.497 e. The zero-order valence-electron chi connectivity index (χ0n) is 12.3. The standard InChI is InChI=1S/C15H23FN2O2/c1-10-7-15(9-17,8-11(2)20-10)18-14-6-12(19-3)4-5-13(14)16/h4-6,10-11,18H,7-9,17H2,1-3H3. The van der Waals surface area contributed by atoms with E-state index in [1.54, 1.807) is 19.2 Å². The summed E-state index contributed by atoms with van der Waals surface area (Å²) in [6.45, 7) is 4.47. The molecule has 1 fully saturated rings. The van der Waals surface area contributed by atoms with Crippen LogP contribution in [-0.2, 0) is 4.74 Å². The molecule has 0 aliphatic carbocycles. The Morgan fingerprint density at radius 2 is 2.05 bits per heavy atom. The van der Waals surface area contributed by atoms with Crippen molar-refractivity contribution in [1.29, 1.82) is 0 Å². The average molecular weight is 282 g/mol. The predicted octanol–water partition coefficient (Wildman–Crippen LogP) is 2.53. The van der Waals surface area contributed by atoms with Gasteiger partial charge in [0.2, 0.25) is 0 Å². The van der Waals surface area contributed by atoms with Crippen molar-refractivity contribution in [3.63, 3.8) is 0 Å². The molecule has 1 aromatic rings. The van der Waals surface area contributed by atoms with Crippen molar-refractivity contribution in [1.82, 2.24) is 0 Å². The van der Waals surface area contributed by atoms with Crippen LogP contribution in [0, 0.1) is 5.82 Å². The molecule has 3 N–H and O–H groups in total. The topological polar surface area (TPSA) is 56.5 Å². The van der Waals surface area contributed by atoms with Gasteiger partial charge >= 0.3 is 0 Å². The molecule has 0 saturated carbocycles. The first-order chi connectivity index (χ1) is 9.48. The molecule has 0 bridgehead atoms. The maximum absolute atomic E-state index is 14.0. The molecule has 2 rings (SSSR count). The highest BCUT2D eigenvalue weighted by Crippen LogP contribution is 2.33. The van der Waals surface area contributed by atoms with Crippen LogP contribution in [0.2, 0.25) is 0 Å². The average Bonchev–Trinajstić information content (AvgIpc) is 2.40. The summed E-state index contributed by atoms with van der Waals surface area (Å²) >= 11 is 0. The molecular weight excluding hydrogens is 259 g/mol. The van der Waals surface area contributed by atoms with Crippen LogP contribution in [0.3, 0.4) is 0 Å². The maximum atomic E-state index is 14.0. The largest absolute Gasteiger partial charge is 0.497 e. The van der Waals surface area contributed by atoms with E-state index in [1.165, 1.54) is 6.07 Å². The van der Waals surface area contributed by atoms with E-state index in [9.17, 15) is 4.39 Å². The van der Waals surface area contributed by atoms with Gasteiger partial charge in [0, 0.05) is 12.6 Å². The van der Waals surface area contributed by atoms with E-state index in [4.69, 9.17) is 15.2 Å². The number of hydrogen-bond donors (Lipinski definition) is 2. The molecular formula is C15H23FN2O2. The van der Waals surface area contributed by atoms with Gasteiger partial charge in [-0.05, 0) is 38.8 Å². The Labute approximate surface area is 119 Å². The molecule has 20 heavy (non-hydrogen) atoms. The lowest BCUT2D eigenvalue weighted by Crippen LogP contribution is -2.53. The van der Waals surface area contributed by atoms with E-state index in [0.29, 0.717) is 18.0 Å². The van der Waals surface area contributed by atoms with Gasteiger partial charge in [-0.1, -0.05) is 0 Å². The lowest BCUT2D eigenvalue weighted by molar-refractivity contribution is -0.0537. The van der Waals surface area contributed by atoms with Gasteiger partial charge in [-0.2, -0.15) is 0 Å². The Hall–Kier alpha value is -1.33. The lowest BCUT2D eigenvalue weighted by Gasteiger charge is -2.43. The number of anilines is 1. The molecule has 5 heteroatoms. The SMILES string of the molecule is COc1ccc(F)c(NC2(CN)CC(C)OC(C)C2)c1. The third-order valence-electron chi connectivity index (χ3n) is 3.79. The molecule has 0 aromatic heterocycles. The molecule has 1 aliphatic rings. The van der Waals surface area contributed by atoms with Gasteiger partial charge in [-0.15, -0.1) is 0 Å². The number of methoxy groups -OCH3 is 1. The van der Waals surface area contributed by atoms with Gasteiger partial charge in [-0.3, -0.25) is 0 Å². The monoisotopic (exact) mass is 282 g/mol. The summed E-state index contributed by atoms with van der Waals surface area (Å²) in [5.41, 5.74) is 6.04. The second kappa shape index (κ2) is 5.97. The quantitative estimate of drug-likeness (QED) is 0.891. The minimum atomic E-state index is -0.343. The first-order valence-electron chi connectivity index (χ1n) is 6.95. The van der Waals surface area contributed by atoms with Gasteiger partial charge in [0.15, 0.2) is 0 Å². The fourth-order valence-electron chi connectivity index (χ4n) is 3.01. The van der Waals surface area contributed by atoms with Crippen LogP contribution in [0.25, 0.3) is 0 Å². The number of nitrogens with one attached hydrogen (secondary N) is 1. The Kier molecular flexibility index (Phi) is 4.50. The summed E-state index contributed by atoms with van der Waals surface area (Å²) < 4.78 is 24.9. The minimum absolute atomic E-state index is 0.100. The molecule has 1 saturated heterocycles. The van der Waals surface area contributed by atoms with Crippen LogP contribution in [0.1, 0.15) is 26.7 Å². The predicted molar refractivity (Wildman–Crippen MR) is 77.6 cm³/mol. The lowest BCUT2D eigenvalue weighted by atomic mass is 9.84. The fourth-order valence-corrected chi connectivity index (χ4v) is 3.01.